The molecule has 0 aliphatic carbocycles. The van der Waals surface area contributed by atoms with Crippen molar-refractivity contribution in [1.82, 2.24) is 37.4 Å². The van der Waals surface area contributed by atoms with E-state index in [4.69, 9.17) is 9.97 Å². The second-order valence-electron chi connectivity index (χ2n) is 28.4. The number of para-hydroxylation sites is 8. The molecule has 502 valence electrons. The molecule has 0 fully saturated rings. The Morgan fingerprint density at radius 3 is 0.843 bits per heavy atom. The van der Waals surface area contributed by atoms with Crippen LogP contribution in [-0.4, -0.2) is 37.4 Å². The van der Waals surface area contributed by atoms with Crippen molar-refractivity contribution >= 4 is 131 Å². The van der Waals surface area contributed by atoms with E-state index in [1.54, 1.807) is 0 Å². The molecule has 0 atom stereocenters. The Morgan fingerprint density at radius 1 is 0.185 bits per heavy atom. The molecular weight excluding hydrogens is 1310 g/mol. The van der Waals surface area contributed by atoms with Crippen LogP contribution in [0.15, 0.2) is 376 Å². The van der Waals surface area contributed by atoms with E-state index in [2.05, 4.69) is 404 Å². The normalized spacial score (nSPS) is 12.1. The van der Waals surface area contributed by atoms with Crippen LogP contribution in [0.2, 0.25) is 0 Å². The molecular formula is C100H62N8. The third-order valence-corrected chi connectivity index (χ3v) is 22.7. The second-order valence-corrected chi connectivity index (χ2v) is 28.4. The molecule has 8 heterocycles. The minimum Gasteiger partial charge on any atom is -0.309 e. The summed E-state index contributed by atoms with van der Waals surface area (Å²) in [4.78, 5) is 11.3. The van der Waals surface area contributed by atoms with E-state index in [-0.39, 0.29) is 0 Å². The minimum atomic E-state index is 0.787. The fourth-order valence-electron chi connectivity index (χ4n) is 18.0. The zero-order chi connectivity index (χ0) is 70.7. The Kier molecular flexibility index (Phi) is 13.0. The first kappa shape index (κ1) is 59.9. The van der Waals surface area contributed by atoms with E-state index in [0.29, 0.717) is 0 Å². The van der Waals surface area contributed by atoms with Crippen molar-refractivity contribution in [2.45, 2.75) is 0 Å². The van der Waals surface area contributed by atoms with Crippen LogP contribution in [0, 0.1) is 0 Å². The van der Waals surface area contributed by atoms with Gasteiger partial charge < -0.3 is 22.8 Å². The number of aromatic nitrogens is 8. The smallest absolute Gasteiger partial charge is 0.138 e. The van der Waals surface area contributed by atoms with Gasteiger partial charge >= 0.3 is 0 Å². The van der Waals surface area contributed by atoms with E-state index in [9.17, 15) is 0 Å². The molecule has 0 amide bonds. The monoisotopic (exact) mass is 1370 g/mol. The summed E-state index contributed by atoms with van der Waals surface area (Å²) in [5.41, 5.74) is 26.8. The standard InChI is InChI=1S/C100H62N8/c1-3-24-63(25-4-1)85-51-50-71(100(102-85)64-26-5-2-6-27-64)65-28-23-29-66(56-65)80-61-99(108-96-54-48-69(105-90-42-19-11-34-76(90)77-35-12-20-43-91(77)105)59-83(96)84-60-70(49-55-97(84)108)106-92-44-21-13-36-78(92)79-37-14-22-45-93(79)106)101-62-98(80)107-94-52-46-67(103-86-38-15-7-30-72(86)73-31-8-16-39-87(73)103)57-81(94)82-58-68(47-53-95(82)107)104-88-40-17-9-32-74(88)75-33-10-18-41-89(75)104/h1-62H. The van der Waals surface area contributed by atoms with Crippen LogP contribution < -0.4 is 0 Å². The average molecular weight is 1380 g/mol. The zero-order valence-corrected chi connectivity index (χ0v) is 58.4. The predicted molar refractivity (Wildman–Crippen MR) is 450 cm³/mol. The third-order valence-electron chi connectivity index (χ3n) is 22.7. The Hall–Kier alpha value is -14.6. The van der Waals surface area contributed by atoms with Gasteiger partial charge in [0.05, 0.1) is 89.5 Å². The van der Waals surface area contributed by atoms with Crippen LogP contribution >= 0.6 is 0 Å². The van der Waals surface area contributed by atoms with Gasteiger partial charge in [0, 0.05) is 110 Å². The summed E-state index contributed by atoms with van der Waals surface area (Å²) >= 11 is 0. The Balaban J connectivity index is 0.801. The number of benzene rings is 15. The molecule has 0 radical (unpaired) electrons. The molecule has 0 aliphatic heterocycles. The molecule has 8 aromatic heterocycles. The topological polar surface area (TPSA) is 55.4 Å². The highest BCUT2D eigenvalue weighted by Gasteiger charge is 2.26. The number of pyridine rings is 2. The number of rotatable bonds is 10. The molecule has 8 nitrogen and oxygen atoms in total. The van der Waals surface area contributed by atoms with Gasteiger partial charge in [0.15, 0.2) is 0 Å². The van der Waals surface area contributed by atoms with E-state index in [1.807, 2.05) is 0 Å². The fraction of sp³-hybridized carbons (Fsp3) is 0. The maximum absolute atomic E-state index is 5.82. The summed E-state index contributed by atoms with van der Waals surface area (Å²) in [6.07, 6.45) is 2.14. The third kappa shape index (κ3) is 8.92. The molecule has 0 spiro atoms. The van der Waals surface area contributed by atoms with Gasteiger partial charge in [-0.05, 0) is 151 Å². The predicted octanol–water partition coefficient (Wildman–Crippen LogP) is 25.7. The van der Waals surface area contributed by atoms with Crippen molar-refractivity contribution in [2.24, 2.45) is 0 Å². The molecule has 108 heavy (non-hydrogen) atoms. The van der Waals surface area contributed by atoms with Crippen molar-refractivity contribution in [1.29, 1.82) is 0 Å². The first-order valence-corrected chi connectivity index (χ1v) is 36.9. The summed E-state index contributed by atoms with van der Waals surface area (Å²) in [5.74, 6) is 0.787. The molecule has 0 bridgehead atoms. The molecule has 0 saturated heterocycles. The van der Waals surface area contributed by atoms with Gasteiger partial charge in [0.2, 0.25) is 0 Å². The number of fused-ring (bicyclic) bond motifs is 18. The lowest BCUT2D eigenvalue weighted by molar-refractivity contribution is 1.05. The highest BCUT2D eigenvalue weighted by Crippen LogP contribution is 2.46. The lowest BCUT2D eigenvalue weighted by Gasteiger charge is -2.18. The summed E-state index contributed by atoms with van der Waals surface area (Å²) < 4.78 is 14.6. The highest BCUT2D eigenvalue weighted by molar-refractivity contribution is 6.17. The largest absolute Gasteiger partial charge is 0.309 e. The lowest BCUT2D eigenvalue weighted by atomic mass is 9.94. The van der Waals surface area contributed by atoms with Crippen molar-refractivity contribution < 1.29 is 0 Å². The summed E-state index contributed by atoms with van der Waals surface area (Å²) in [5, 5.41) is 14.2. The van der Waals surface area contributed by atoms with Crippen LogP contribution in [0.5, 0.6) is 0 Å². The van der Waals surface area contributed by atoms with Crippen LogP contribution in [0.1, 0.15) is 0 Å². The first-order chi connectivity index (χ1) is 53.6. The number of hydrogen-bond donors (Lipinski definition) is 0. The molecule has 0 aliphatic rings. The number of nitrogens with zero attached hydrogens (tertiary/aromatic N) is 8. The van der Waals surface area contributed by atoms with Crippen LogP contribution in [0.4, 0.5) is 0 Å². The van der Waals surface area contributed by atoms with E-state index in [1.165, 1.54) is 43.1 Å². The minimum absolute atomic E-state index is 0.787. The summed E-state index contributed by atoms with van der Waals surface area (Å²) in [6, 6.07) is 135. The van der Waals surface area contributed by atoms with Gasteiger partial charge in [0.25, 0.3) is 0 Å². The maximum atomic E-state index is 5.82. The van der Waals surface area contributed by atoms with E-state index in [0.717, 1.165) is 167 Å². The number of hydrogen-bond acceptors (Lipinski definition) is 2. The summed E-state index contributed by atoms with van der Waals surface area (Å²) in [7, 11) is 0. The van der Waals surface area contributed by atoms with Gasteiger partial charge in [-0.2, -0.15) is 0 Å². The van der Waals surface area contributed by atoms with Crippen molar-refractivity contribution in [3.63, 3.8) is 0 Å². The molecule has 23 rings (SSSR count). The molecule has 0 N–H and O–H groups in total. The van der Waals surface area contributed by atoms with Gasteiger partial charge in [0.1, 0.15) is 5.82 Å². The Bertz CT molecular complexity index is 7130. The fourth-order valence-corrected chi connectivity index (χ4v) is 18.0. The van der Waals surface area contributed by atoms with E-state index >= 15 is 0 Å². The van der Waals surface area contributed by atoms with Crippen molar-refractivity contribution in [3.8, 4) is 79.0 Å². The molecule has 0 unspecified atom stereocenters. The SMILES string of the molecule is c1ccc(-c2ccc(-c3cccc(-c4cc(-n5c6ccc(-n7c8ccccc8c8ccccc87)cc6c6cc(-n7c8ccccc8c8ccccc87)ccc65)ncc4-n4c5ccc(-n6c7ccccc7c7ccccc76)cc5c5cc(-n6c7ccccc7c7ccccc76)ccc54)c3)c(-c3ccccc3)n2)cc1. The van der Waals surface area contributed by atoms with Crippen LogP contribution in [0.25, 0.3) is 210 Å². The highest BCUT2D eigenvalue weighted by atomic mass is 15.1. The first-order valence-electron chi connectivity index (χ1n) is 36.9. The molecule has 23 aromatic rings. The molecule has 8 heteroatoms. The molecule has 0 saturated carbocycles. The Morgan fingerprint density at radius 2 is 0.481 bits per heavy atom. The average Bonchev–Trinajstić information content (AvgIpc) is 1.56. The van der Waals surface area contributed by atoms with Gasteiger partial charge in [-0.3, -0.25) is 4.57 Å². The zero-order valence-electron chi connectivity index (χ0n) is 58.4. The lowest BCUT2D eigenvalue weighted by Crippen LogP contribution is -2.04. The molecule has 15 aromatic carbocycles. The van der Waals surface area contributed by atoms with Gasteiger partial charge in [-0.1, -0.05) is 231 Å². The van der Waals surface area contributed by atoms with Crippen molar-refractivity contribution in [2.75, 3.05) is 0 Å². The summed E-state index contributed by atoms with van der Waals surface area (Å²) in [6.45, 7) is 0. The quantitative estimate of drug-likeness (QED) is 0.137. The van der Waals surface area contributed by atoms with Crippen LogP contribution in [-0.2, 0) is 0 Å². The Labute approximate surface area is 619 Å². The maximum Gasteiger partial charge on any atom is 0.138 e. The van der Waals surface area contributed by atoms with Gasteiger partial charge in [-0.15, -0.1) is 0 Å². The second kappa shape index (κ2) is 23.5. The van der Waals surface area contributed by atoms with Crippen LogP contribution in [0.3, 0.4) is 0 Å². The van der Waals surface area contributed by atoms with Gasteiger partial charge in [-0.25, -0.2) is 9.97 Å². The van der Waals surface area contributed by atoms with E-state index < -0.39 is 0 Å². The van der Waals surface area contributed by atoms with Crippen molar-refractivity contribution in [3.05, 3.63) is 376 Å².